The van der Waals surface area contributed by atoms with Gasteiger partial charge in [-0.05, 0) is 24.6 Å². The van der Waals surface area contributed by atoms with Gasteiger partial charge in [-0.15, -0.1) is 0 Å². The minimum atomic E-state index is -0.720. The van der Waals surface area contributed by atoms with E-state index < -0.39 is 11.5 Å². The molecule has 0 unspecified atom stereocenters. The summed E-state index contributed by atoms with van der Waals surface area (Å²) in [5.41, 5.74) is 1.49. The smallest absolute Gasteiger partial charge is 0.349 e. The second kappa shape index (κ2) is 12.2. The van der Waals surface area contributed by atoms with Gasteiger partial charge in [0.2, 0.25) is 0 Å². The molecule has 6 nitrogen and oxygen atoms in total. The van der Waals surface area contributed by atoms with Crippen LogP contribution in [0.4, 0.5) is 0 Å². The lowest BCUT2D eigenvalue weighted by atomic mass is 10.1. The molecule has 1 aromatic carbocycles. The maximum Gasteiger partial charge on any atom is 0.349 e. The molecular weight excluding hydrogens is 356 g/mol. The Balaban J connectivity index is 1.70. The number of rotatable bonds is 13. The van der Waals surface area contributed by atoms with E-state index in [2.05, 4.69) is 6.92 Å². The molecule has 0 saturated heterocycles. The monoisotopic (exact) mass is 388 g/mol. The van der Waals surface area contributed by atoms with Crippen LogP contribution in [0.2, 0.25) is 0 Å². The van der Waals surface area contributed by atoms with E-state index in [-0.39, 0.29) is 5.56 Å². The highest BCUT2D eigenvalue weighted by atomic mass is 16.5. The number of amides is 1. The zero-order chi connectivity index (χ0) is 20.2. The molecule has 0 radical (unpaired) electrons. The molecule has 1 amide bonds. The largest absolute Gasteiger partial charge is 0.493 e. The molecule has 0 saturated carbocycles. The lowest BCUT2D eigenvalue weighted by Gasteiger charge is -2.07. The van der Waals surface area contributed by atoms with Gasteiger partial charge in [0.15, 0.2) is 0 Å². The van der Waals surface area contributed by atoms with E-state index in [1.54, 1.807) is 12.1 Å². The Morgan fingerprint density at radius 3 is 2.29 bits per heavy atom. The summed E-state index contributed by atoms with van der Waals surface area (Å²) in [6, 6.07) is 6.72. The molecule has 2 aromatic rings. The Hall–Kier alpha value is -2.34. The molecule has 0 aliphatic carbocycles. The van der Waals surface area contributed by atoms with Gasteiger partial charge in [0.05, 0.1) is 6.61 Å². The maximum absolute atomic E-state index is 11.9. The number of hydrogen-bond donors (Lipinski definition) is 2. The van der Waals surface area contributed by atoms with Crippen molar-refractivity contribution in [1.82, 2.24) is 5.43 Å². The van der Waals surface area contributed by atoms with Gasteiger partial charge >= 0.3 is 5.63 Å². The molecule has 1 heterocycles. The molecule has 0 aliphatic heterocycles. The van der Waals surface area contributed by atoms with Gasteiger partial charge in [-0.3, -0.25) is 10.2 Å². The van der Waals surface area contributed by atoms with E-state index in [0.717, 1.165) is 12.8 Å². The number of nitrogen functional groups attached to an aromatic ring is 1. The number of carbonyl (C=O) groups excluding carboxylic acids is 1. The molecule has 3 N–H and O–H groups in total. The van der Waals surface area contributed by atoms with Crippen LogP contribution in [0.5, 0.6) is 5.75 Å². The van der Waals surface area contributed by atoms with Crippen LogP contribution in [0.1, 0.15) is 81.5 Å². The number of hydrogen-bond acceptors (Lipinski definition) is 5. The molecule has 6 heteroatoms. The fourth-order valence-electron chi connectivity index (χ4n) is 3.20. The van der Waals surface area contributed by atoms with Gasteiger partial charge in [0, 0.05) is 11.5 Å². The molecule has 1 aromatic heterocycles. The molecule has 0 spiro atoms. The highest BCUT2D eigenvalue weighted by Gasteiger charge is 2.12. The Morgan fingerprint density at radius 2 is 1.64 bits per heavy atom. The number of nitrogens with one attached hydrogen (secondary N) is 1. The lowest BCUT2D eigenvalue weighted by molar-refractivity contribution is 0.0950. The van der Waals surface area contributed by atoms with Crippen LogP contribution in [0, 0.1) is 0 Å². The molecule has 2 rings (SSSR count). The van der Waals surface area contributed by atoms with Crippen LogP contribution in [0.25, 0.3) is 11.0 Å². The summed E-state index contributed by atoms with van der Waals surface area (Å²) in [5.74, 6) is 5.06. The Labute approximate surface area is 166 Å². The Kier molecular flexibility index (Phi) is 9.55. The minimum absolute atomic E-state index is 0.117. The molecule has 0 aliphatic rings. The standard InChI is InChI=1S/C22H32N2O4/c1-2-3-4-5-6-7-8-9-10-11-14-27-18-13-12-17-15-19(21(25)24-23)22(26)28-20(17)16-18/h12-13,15-16H,2-11,14,23H2,1H3,(H,24,25). The average Bonchev–Trinajstić information content (AvgIpc) is 2.70. The van der Waals surface area contributed by atoms with Crippen LogP contribution >= 0.6 is 0 Å². The van der Waals surface area contributed by atoms with Gasteiger partial charge in [-0.25, -0.2) is 10.6 Å². The third-order valence-electron chi connectivity index (χ3n) is 4.85. The summed E-state index contributed by atoms with van der Waals surface area (Å²) in [6.07, 6.45) is 12.8. The fraction of sp³-hybridized carbons (Fsp3) is 0.545. The number of fused-ring (bicyclic) bond motifs is 1. The average molecular weight is 389 g/mol. The van der Waals surface area contributed by atoms with Crippen LogP contribution < -0.4 is 21.6 Å². The van der Waals surface area contributed by atoms with Crippen LogP contribution in [-0.4, -0.2) is 12.5 Å². The van der Waals surface area contributed by atoms with Crippen molar-refractivity contribution in [2.75, 3.05) is 6.61 Å². The van der Waals surface area contributed by atoms with Crippen LogP contribution in [0.3, 0.4) is 0 Å². The summed E-state index contributed by atoms with van der Waals surface area (Å²) in [6.45, 7) is 2.88. The van der Waals surface area contributed by atoms with E-state index in [4.69, 9.17) is 15.0 Å². The fourth-order valence-corrected chi connectivity index (χ4v) is 3.20. The first-order valence-electron chi connectivity index (χ1n) is 10.4. The van der Waals surface area contributed by atoms with E-state index in [1.165, 1.54) is 57.4 Å². The number of unbranched alkanes of at least 4 members (excludes halogenated alkanes) is 9. The topological polar surface area (TPSA) is 94.6 Å². The summed E-state index contributed by atoms with van der Waals surface area (Å²) in [5, 5.41) is 0.643. The predicted molar refractivity (Wildman–Crippen MR) is 111 cm³/mol. The zero-order valence-corrected chi connectivity index (χ0v) is 16.8. The van der Waals surface area contributed by atoms with Crippen molar-refractivity contribution in [3.63, 3.8) is 0 Å². The number of hydrazine groups is 1. The summed E-state index contributed by atoms with van der Waals surface area (Å²) < 4.78 is 11.0. The second-order valence-electron chi connectivity index (χ2n) is 7.15. The SMILES string of the molecule is CCCCCCCCCCCCOc1ccc2cc(C(=O)NN)c(=O)oc2c1. The lowest BCUT2D eigenvalue weighted by Crippen LogP contribution is -2.33. The van der Waals surface area contributed by atoms with Gasteiger partial charge in [0.25, 0.3) is 5.91 Å². The van der Waals surface area contributed by atoms with Crippen molar-refractivity contribution in [2.24, 2.45) is 5.84 Å². The van der Waals surface area contributed by atoms with Crippen molar-refractivity contribution in [3.05, 3.63) is 40.2 Å². The third-order valence-corrected chi connectivity index (χ3v) is 4.85. The van der Waals surface area contributed by atoms with Crippen molar-refractivity contribution in [1.29, 1.82) is 0 Å². The molecule has 154 valence electrons. The third kappa shape index (κ3) is 7.00. The van der Waals surface area contributed by atoms with E-state index in [9.17, 15) is 9.59 Å². The van der Waals surface area contributed by atoms with Crippen molar-refractivity contribution < 1.29 is 13.9 Å². The molecule has 0 bridgehead atoms. The maximum atomic E-state index is 11.9. The van der Waals surface area contributed by atoms with Crippen LogP contribution in [0.15, 0.2) is 33.5 Å². The Morgan fingerprint density at radius 1 is 1.00 bits per heavy atom. The first-order valence-corrected chi connectivity index (χ1v) is 10.4. The van der Waals surface area contributed by atoms with Gasteiger partial charge in [0.1, 0.15) is 16.9 Å². The van der Waals surface area contributed by atoms with Gasteiger partial charge < -0.3 is 9.15 Å². The van der Waals surface area contributed by atoms with E-state index >= 15 is 0 Å². The quantitative estimate of drug-likeness (QED) is 0.171. The predicted octanol–water partition coefficient (Wildman–Crippen LogP) is 4.70. The number of ether oxygens (including phenoxy) is 1. The van der Waals surface area contributed by atoms with E-state index in [0.29, 0.717) is 23.3 Å². The summed E-state index contributed by atoms with van der Waals surface area (Å²) in [4.78, 5) is 23.4. The Bertz CT molecular complexity index is 801. The summed E-state index contributed by atoms with van der Waals surface area (Å²) >= 11 is 0. The normalized spacial score (nSPS) is 10.9. The number of benzene rings is 1. The first kappa shape index (κ1) is 22.0. The number of nitrogens with two attached hydrogens (primary N) is 1. The molecule has 0 atom stereocenters. The van der Waals surface area contributed by atoms with Gasteiger partial charge in [-0.2, -0.15) is 0 Å². The highest BCUT2D eigenvalue weighted by molar-refractivity contribution is 5.96. The highest BCUT2D eigenvalue weighted by Crippen LogP contribution is 2.21. The van der Waals surface area contributed by atoms with Crippen LogP contribution in [-0.2, 0) is 0 Å². The molecule has 28 heavy (non-hydrogen) atoms. The molecular formula is C22H32N2O4. The van der Waals surface area contributed by atoms with Gasteiger partial charge in [-0.1, -0.05) is 64.7 Å². The zero-order valence-electron chi connectivity index (χ0n) is 16.8. The minimum Gasteiger partial charge on any atom is -0.493 e. The van der Waals surface area contributed by atoms with Crippen molar-refractivity contribution in [2.45, 2.75) is 71.1 Å². The number of carbonyl (C=O) groups is 1. The van der Waals surface area contributed by atoms with Crippen molar-refractivity contribution >= 4 is 16.9 Å². The summed E-state index contributed by atoms with van der Waals surface area (Å²) in [7, 11) is 0. The van der Waals surface area contributed by atoms with E-state index in [1.807, 2.05) is 11.5 Å². The second-order valence-corrected chi connectivity index (χ2v) is 7.15. The first-order chi connectivity index (χ1) is 13.7. The molecule has 0 fully saturated rings. The van der Waals surface area contributed by atoms with Crippen molar-refractivity contribution in [3.8, 4) is 5.75 Å².